The molecule has 1 aliphatic heterocycles. The normalized spacial score (nSPS) is 20.6. The number of nitrogens with zero attached hydrogens (tertiary/aromatic N) is 1. The second-order valence-corrected chi connectivity index (χ2v) is 8.83. The lowest BCUT2D eigenvalue weighted by Gasteiger charge is -2.18. The van der Waals surface area contributed by atoms with Gasteiger partial charge in [-0.25, -0.2) is 17.8 Å². The van der Waals surface area contributed by atoms with Gasteiger partial charge in [-0.1, -0.05) is 0 Å². The van der Waals surface area contributed by atoms with E-state index < -0.39 is 15.8 Å². The highest BCUT2D eigenvalue weighted by molar-refractivity contribution is 7.92. The smallest absolute Gasteiger partial charge is 0.266 e. The first-order valence-corrected chi connectivity index (χ1v) is 10.7. The molecule has 2 heterocycles. The summed E-state index contributed by atoms with van der Waals surface area (Å²) in [5.41, 5.74) is 3.11. The molecule has 2 aliphatic rings. The minimum atomic E-state index is -4.01. The highest BCUT2D eigenvalue weighted by Crippen LogP contribution is 2.45. The van der Waals surface area contributed by atoms with E-state index in [9.17, 15) is 12.8 Å². The third-order valence-corrected chi connectivity index (χ3v) is 6.46. The Morgan fingerprint density at radius 3 is 2.76 bits per heavy atom. The fraction of sp³-hybridized carbons (Fsp3) is 0.438. The molecule has 134 valence electrons. The van der Waals surface area contributed by atoms with Crippen molar-refractivity contribution in [2.24, 2.45) is 0 Å². The van der Waals surface area contributed by atoms with Gasteiger partial charge < -0.3 is 10.6 Å². The number of nitrogens with one attached hydrogen (secondary N) is 3. The van der Waals surface area contributed by atoms with Gasteiger partial charge in [0.05, 0.1) is 5.51 Å². The average molecular weight is 382 g/mol. The van der Waals surface area contributed by atoms with E-state index in [-0.39, 0.29) is 16.8 Å². The maximum absolute atomic E-state index is 14.6. The van der Waals surface area contributed by atoms with Crippen LogP contribution >= 0.6 is 11.3 Å². The molecular weight excluding hydrogens is 363 g/mol. The molecule has 25 heavy (non-hydrogen) atoms. The first-order chi connectivity index (χ1) is 12.0. The molecule has 1 aliphatic carbocycles. The molecule has 2 aromatic rings. The largest absolute Gasteiger partial charge is 0.381 e. The van der Waals surface area contributed by atoms with Crippen molar-refractivity contribution in [2.45, 2.75) is 36.1 Å². The summed E-state index contributed by atoms with van der Waals surface area (Å²) >= 11 is 1.27. The second kappa shape index (κ2) is 6.54. The van der Waals surface area contributed by atoms with Gasteiger partial charge in [0.25, 0.3) is 10.0 Å². The van der Waals surface area contributed by atoms with Gasteiger partial charge in [0.2, 0.25) is 0 Å². The first-order valence-electron chi connectivity index (χ1n) is 8.24. The lowest BCUT2D eigenvalue weighted by Crippen LogP contribution is -2.23. The number of rotatable bonds is 6. The molecule has 6 nitrogen and oxygen atoms in total. The minimum absolute atomic E-state index is 0.205. The van der Waals surface area contributed by atoms with Crippen molar-refractivity contribution in [1.82, 2.24) is 10.3 Å². The topological polar surface area (TPSA) is 83.1 Å². The van der Waals surface area contributed by atoms with Gasteiger partial charge in [0.1, 0.15) is 10.7 Å². The third-order valence-electron chi connectivity index (χ3n) is 4.50. The predicted octanol–water partition coefficient (Wildman–Crippen LogP) is 2.73. The van der Waals surface area contributed by atoms with E-state index in [0.717, 1.165) is 37.9 Å². The molecule has 1 saturated heterocycles. The molecule has 0 radical (unpaired) electrons. The highest BCUT2D eigenvalue weighted by atomic mass is 32.2. The maximum atomic E-state index is 14.6. The summed E-state index contributed by atoms with van der Waals surface area (Å²) in [4.78, 5) is 3.58. The molecular formula is C16H19FN4O2S2. The lowest BCUT2D eigenvalue weighted by molar-refractivity contribution is 0.569. The van der Waals surface area contributed by atoms with Gasteiger partial charge in [0.15, 0.2) is 5.82 Å². The van der Waals surface area contributed by atoms with Crippen molar-refractivity contribution in [3.8, 4) is 0 Å². The average Bonchev–Trinajstić information content (AvgIpc) is 3.04. The molecule has 1 aromatic heterocycles. The summed E-state index contributed by atoms with van der Waals surface area (Å²) in [7, 11) is -4.01. The van der Waals surface area contributed by atoms with Crippen LogP contribution in [-0.4, -0.2) is 32.5 Å². The Labute approximate surface area is 149 Å². The summed E-state index contributed by atoms with van der Waals surface area (Å²) in [6, 6.07) is 3.04. The number of thiazole rings is 1. The molecule has 0 amide bonds. The van der Waals surface area contributed by atoms with Gasteiger partial charge in [-0.05, 0) is 49.4 Å². The number of sulfonamides is 1. The van der Waals surface area contributed by atoms with Crippen LogP contribution in [0.5, 0.6) is 0 Å². The number of anilines is 2. The van der Waals surface area contributed by atoms with Crippen LogP contribution in [-0.2, 0) is 10.0 Å². The van der Waals surface area contributed by atoms with Gasteiger partial charge >= 0.3 is 0 Å². The van der Waals surface area contributed by atoms with E-state index in [1.165, 1.54) is 29.0 Å². The van der Waals surface area contributed by atoms with Crippen LogP contribution in [0, 0.1) is 5.82 Å². The summed E-state index contributed by atoms with van der Waals surface area (Å²) in [5.74, 6) is -0.247. The van der Waals surface area contributed by atoms with E-state index in [4.69, 9.17) is 0 Å². The Morgan fingerprint density at radius 2 is 2.12 bits per heavy atom. The van der Waals surface area contributed by atoms with Crippen LogP contribution in [0.1, 0.15) is 30.7 Å². The highest BCUT2D eigenvalue weighted by Gasteiger charge is 2.31. The van der Waals surface area contributed by atoms with Gasteiger partial charge in [0, 0.05) is 23.7 Å². The van der Waals surface area contributed by atoms with Gasteiger partial charge in [-0.2, -0.15) is 0 Å². The Kier molecular flexibility index (Phi) is 4.38. The molecule has 1 saturated carbocycles. The zero-order chi connectivity index (χ0) is 17.4. The van der Waals surface area contributed by atoms with E-state index >= 15 is 0 Å². The maximum Gasteiger partial charge on any atom is 0.266 e. The summed E-state index contributed by atoms with van der Waals surface area (Å²) in [6.45, 7) is 1.76. The molecule has 1 aromatic carbocycles. The van der Waals surface area contributed by atoms with E-state index in [1.807, 2.05) is 0 Å². The number of benzene rings is 1. The van der Waals surface area contributed by atoms with E-state index in [1.54, 1.807) is 5.38 Å². The van der Waals surface area contributed by atoms with Crippen LogP contribution in [0.2, 0.25) is 0 Å². The van der Waals surface area contributed by atoms with Gasteiger partial charge in [-0.3, -0.25) is 4.72 Å². The standard InChI is InChI=1S/C16H19FN4O2S2/c17-13-6-14(20-11-3-4-18-7-11)12(10-1-2-10)5-15(13)25(22,23)21-16-8-24-9-19-16/h5-6,8-11,18,20-21H,1-4,7H2/t11-/m0/s1. The molecule has 1 atom stereocenters. The van der Waals surface area contributed by atoms with Crippen molar-refractivity contribution in [2.75, 3.05) is 23.1 Å². The predicted molar refractivity (Wildman–Crippen MR) is 96.2 cm³/mol. The fourth-order valence-electron chi connectivity index (χ4n) is 3.09. The lowest BCUT2D eigenvalue weighted by atomic mass is 10.1. The van der Waals surface area contributed by atoms with Crippen molar-refractivity contribution >= 4 is 32.9 Å². The fourth-order valence-corrected chi connectivity index (χ4v) is 4.74. The van der Waals surface area contributed by atoms with E-state index in [2.05, 4.69) is 20.3 Å². The monoisotopic (exact) mass is 382 g/mol. The minimum Gasteiger partial charge on any atom is -0.381 e. The van der Waals surface area contributed by atoms with Gasteiger partial charge in [-0.15, -0.1) is 11.3 Å². The molecule has 3 N–H and O–H groups in total. The Balaban J connectivity index is 1.67. The number of halogens is 1. The van der Waals surface area contributed by atoms with Crippen molar-refractivity contribution in [3.63, 3.8) is 0 Å². The molecule has 0 spiro atoms. The van der Waals surface area contributed by atoms with Crippen LogP contribution in [0.4, 0.5) is 15.9 Å². The summed E-state index contributed by atoms with van der Waals surface area (Å²) in [5, 5.41) is 8.20. The van der Waals surface area contributed by atoms with Crippen LogP contribution in [0.25, 0.3) is 0 Å². The second-order valence-electron chi connectivity index (χ2n) is 6.46. The molecule has 4 rings (SSSR count). The SMILES string of the molecule is O=S(=O)(Nc1cscn1)c1cc(C2CC2)c(N[C@H]2CCNC2)cc1F. The van der Waals surface area contributed by atoms with Crippen LogP contribution in [0.3, 0.4) is 0 Å². The van der Waals surface area contributed by atoms with Crippen LogP contribution < -0.4 is 15.4 Å². The number of hydrogen-bond donors (Lipinski definition) is 3. The first kappa shape index (κ1) is 16.7. The zero-order valence-corrected chi connectivity index (χ0v) is 15.1. The quantitative estimate of drug-likeness (QED) is 0.716. The summed E-state index contributed by atoms with van der Waals surface area (Å²) in [6.07, 6.45) is 2.97. The Morgan fingerprint density at radius 1 is 1.28 bits per heavy atom. The summed E-state index contributed by atoms with van der Waals surface area (Å²) < 4.78 is 42.1. The van der Waals surface area contributed by atoms with E-state index in [0.29, 0.717) is 11.6 Å². The van der Waals surface area contributed by atoms with Crippen molar-refractivity contribution in [1.29, 1.82) is 0 Å². The Hall–Kier alpha value is -1.71. The number of hydrogen-bond acceptors (Lipinski definition) is 6. The van der Waals surface area contributed by atoms with Crippen LogP contribution in [0.15, 0.2) is 27.9 Å². The number of aromatic nitrogens is 1. The van der Waals surface area contributed by atoms with Crippen molar-refractivity contribution in [3.05, 3.63) is 34.4 Å². The Bertz CT molecular complexity index is 861. The third kappa shape index (κ3) is 3.63. The molecule has 0 unspecified atom stereocenters. The molecule has 9 heteroatoms. The molecule has 2 fully saturated rings. The zero-order valence-electron chi connectivity index (χ0n) is 13.5. The van der Waals surface area contributed by atoms with Crippen molar-refractivity contribution < 1.29 is 12.8 Å². The molecule has 0 bridgehead atoms.